The largest absolute Gasteiger partial charge is 1.00 e. The van der Waals surface area contributed by atoms with Gasteiger partial charge in [0.25, 0.3) is 6.47 Å². The minimum Gasteiger partial charge on any atom is -0.483 e. The third-order valence-electron chi connectivity index (χ3n) is 0.309. The molecule has 1 N–H and O–H groups in total. The van der Waals surface area contributed by atoms with Crippen LogP contribution in [-0.2, 0) is 4.79 Å². The van der Waals surface area contributed by atoms with Gasteiger partial charge < -0.3 is 21.4 Å². The summed E-state index contributed by atoms with van der Waals surface area (Å²) in [6, 6.07) is 0. The van der Waals surface area contributed by atoms with E-state index in [0.717, 1.165) is 0 Å². The van der Waals surface area contributed by atoms with Crippen LogP contribution < -0.4 is 18.9 Å². The van der Waals surface area contributed by atoms with Crippen LogP contribution in [0.25, 0.3) is 0 Å². The van der Waals surface area contributed by atoms with Crippen LogP contribution in [0.5, 0.6) is 0 Å². The van der Waals surface area contributed by atoms with Crippen molar-refractivity contribution in [2.45, 2.75) is 0 Å². The van der Waals surface area contributed by atoms with Crippen LogP contribution in [0, 0.1) is 5.38 Å². The zero-order valence-electron chi connectivity index (χ0n) is 4.94. The number of rotatable bonds is 0. The Balaban J connectivity index is 0. The molecule has 1 aromatic heterocycles. The molecule has 0 amide bonds. The second kappa shape index (κ2) is 10.6. The molecule has 0 spiro atoms. The van der Waals surface area contributed by atoms with E-state index >= 15 is 0 Å². The van der Waals surface area contributed by atoms with Crippen LogP contribution >= 0.6 is 11.3 Å². The molecule has 9 heavy (non-hydrogen) atoms. The molecule has 44 valence electrons. The van der Waals surface area contributed by atoms with Crippen molar-refractivity contribution >= 4 is 17.8 Å². The number of hydrogen-bond donors (Lipinski definition) is 1. The molecule has 0 aliphatic carbocycles. The van der Waals surface area contributed by atoms with Crippen LogP contribution in [0.2, 0.25) is 0 Å². The first-order chi connectivity index (χ1) is 3.91. The van der Waals surface area contributed by atoms with E-state index in [9.17, 15) is 0 Å². The summed E-state index contributed by atoms with van der Waals surface area (Å²) in [7, 11) is 0. The van der Waals surface area contributed by atoms with Gasteiger partial charge in [0.05, 0.1) is 0 Å². The van der Waals surface area contributed by atoms with Crippen LogP contribution in [0.1, 0.15) is 0 Å². The summed E-state index contributed by atoms with van der Waals surface area (Å²) in [5.41, 5.74) is 1.74. The number of thiazole rings is 1. The molecule has 0 radical (unpaired) electrons. The normalized spacial score (nSPS) is 5.78. The summed E-state index contributed by atoms with van der Waals surface area (Å²) in [5.74, 6) is 0. The van der Waals surface area contributed by atoms with Gasteiger partial charge in [0, 0.05) is 0 Å². The van der Waals surface area contributed by atoms with E-state index < -0.39 is 0 Å². The van der Waals surface area contributed by atoms with Gasteiger partial charge in [-0.15, -0.1) is 0 Å². The van der Waals surface area contributed by atoms with Crippen molar-refractivity contribution in [2.75, 3.05) is 0 Å². The molecule has 0 fully saturated rings. The molecule has 0 atom stereocenters. The fraction of sp³-hybridized carbons (Fsp3) is 0. The molecule has 0 saturated carbocycles. The van der Waals surface area contributed by atoms with Crippen molar-refractivity contribution < 1.29 is 28.8 Å². The summed E-state index contributed by atoms with van der Waals surface area (Å²) in [6.07, 6.45) is 1.64. The maximum absolute atomic E-state index is 8.36. The molecular weight excluding hydrogens is 133 g/mol. The van der Waals surface area contributed by atoms with Gasteiger partial charge in [-0.2, -0.15) is 5.38 Å². The predicted octanol–water partition coefficient (Wildman–Crippen LogP) is -2.35. The summed E-state index contributed by atoms with van der Waals surface area (Å²) < 4.78 is 0. The Hall–Kier alpha value is -0.303. The molecule has 0 aromatic carbocycles. The second-order valence-electron chi connectivity index (χ2n) is 0.725. The van der Waals surface area contributed by atoms with Gasteiger partial charge in [0.1, 0.15) is 0 Å². The van der Waals surface area contributed by atoms with Crippen LogP contribution in [0.3, 0.4) is 0 Å². The Morgan fingerprint density at radius 3 is 2.44 bits per heavy atom. The molecule has 1 heterocycles. The monoisotopic (exact) mass is 137 g/mol. The Morgan fingerprint density at radius 1 is 1.78 bits per heavy atom. The van der Waals surface area contributed by atoms with Crippen molar-refractivity contribution in [1.29, 1.82) is 0 Å². The number of carboxylic acid groups (broad SMARTS) is 1. The van der Waals surface area contributed by atoms with Crippen LogP contribution in [0.15, 0.2) is 11.7 Å². The van der Waals surface area contributed by atoms with Crippen LogP contribution in [-0.4, -0.2) is 16.6 Å². The average molecular weight is 137 g/mol. The Labute approximate surface area is 68.9 Å². The summed E-state index contributed by atoms with van der Waals surface area (Å²) >= 11 is 1.48. The minimum absolute atomic E-state index is 0. The Morgan fingerprint density at radius 2 is 2.33 bits per heavy atom. The second-order valence-corrected chi connectivity index (χ2v) is 1.41. The third-order valence-corrected chi connectivity index (χ3v) is 0.777. The summed E-state index contributed by atoms with van der Waals surface area (Å²) in [5, 5.41) is 9.68. The number of hydrogen-bond acceptors (Lipinski definition) is 3. The predicted molar refractivity (Wildman–Crippen MR) is 29.6 cm³/mol. The number of nitrogens with zero attached hydrogens (tertiary/aromatic N) is 1. The first-order valence-corrected chi connectivity index (χ1v) is 2.62. The molecule has 0 unspecified atom stereocenters. The Bertz CT molecular complexity index is 105. The first-order valence-electron chi connectivity index (χ1n) is 1.74. The standard InChI is InChI=1S/C3H2NS.CH2O2.Li/c1-2-5-3-4-1;2-1-3;/h1,3H;1H,(H,2,3);/q-1;;+1. The van der Waals surface area contributed by atoms with Gasteiger partial charge in [-0.1, -0.05) is 11.7 Å². The minimum atomic E-state index is -0.250. The fourth-order valence-electron chi connectivity index (χ4n) is 0.152. The smallest absolute Gasteiger partial charge is 0.483 e. The van der Waals surface area contributed by atoms with E-state index in [4.69, 9.17) is 9.90 Å². The molecule has 3 nitrogen and oxygen atoms in total. The fourth-order valence-corrected chi connectivity index (χ4v) is 0.456. The SMILES string of the molecule is O=CO.[Li+].[c-]1cncs1. The molecule has 0 aliphatic rings. The Kier molecular flexibility index (Phi) is 13.6. The topological polar surface area (TPSA) is 50.2 Å². The van der Waals surface area contributed by atoms with E-state index in [1.54, 1.807) is 11.7 Å². The molecule has 0 saturated heterocycles. The zero-order valence-corrected chi connectivity index (χ0v) is 5.76. The average Bonchev–Trinajstić information content (AvgIpc) is 2.17. The van der Waals surface area contributed by atoms with Gasteiger partial charge in [-0.3, -0.25) is 4.79 Å². The van der Waals surface area contributed by atoms with E-state index in [1.165, 1.54) is 11.3 Å². The van der Waals surface area contributed by atoms with Crippen LogP contribution in [0.4, 0.5) is 0 Å². The zero-order chi connectivity index (χ0) is 6.24. The van der Waals surface area contributed by atoms with Gasteiger partial charge in [0.15, 0.2) is 0 Å². The maximum atomic E-state index is 8.36. The summed E-state index contributed by atoms with van der Waals surface area (Å²) in [6.45, 7) is -0.250. The van der Waals surface area contributed by atoms with E-state index in [1.807, 2.05) is 0 Å². The van der Waals surface area contributed by atoms with Gasteiger partial charge in [0.2, 0.25) is 0 Å². The van der Waals surface area contributed by atoms with E-state index in [-0.39, 0.29) is 25.3 Å². The number of aromatic nitrogens is 1. The quantitative estimate of drug-likeness (QED) is 0.247. The molecule has 5 heteroatoms. The van der Waals surface area contributed by atoms with Crippen molar-refractivity contribution in [3.8, 4) is 0 Å². The van der Waals surface area contributed by atoms with Gasteiger partial charge in [-0.05, 0) is 0 Å². The van der Waals surface area contributed by atoms with Gasteiger partial charge >= 0.3 is 18.9 Å². The molecular formula is C4H4LiNO2S. The van der Waals surface area contributed by atoms with Crippen molar-refractivity contribution in [2.24, 2.45) is 0 Å². The molecule has 0 aliphatic heterocycles. The number of carbonyl (C=O) groups is 1. The third kappa shape index (κ3) is 11.3. The van der Waals surface area contributed by atoms with E-state index in [2.05, 4.69) is 10.4 Å². The van der Waals surface area contributed by atoms with Crippen molar-refractivity contribution in [1.82, 2.24) is 4.98 Å². The molecule has 0 bridgehead atoms. The maximum Gasteiger partial charge on any atom is 1.00 e. The molecule has 1 rings (SSSR count). The van der Waals surface area contributed by atoms with E-state index in [0.29, 0.717) is 0 Å². The van der Waals surface area contributed by atoms with Crippen molar-refractivity contribution in [3.63, 3.8) is 0 Å². The summed E-state index contributed by atoms with van der Waals surface area (Å²) in [4.78, 5) is 12.0. The van der Waals surface area contributed by atoms with Crippen molar-refractivity contribution in [3.05, 3.63) is 17.1 Å². The first kappa shape index (κ1) is 11.5. The van der Waals surface area contributed by atoms with Gasteiger partial charge in [-0.25, -0.2) is 0 Å². The molecule has 1 aromatic rings.